The second kappa shape index (κ2) is 6.47. The molecule has 0 bridgehead atoms. The summed E-state index contributed by atoms with van der Waals surface area (Å²) in [6.45, 7) is 2.93. The molecule has 1 aromatic carbocycles. The fourth-order valence-corrected chi connectivity index (χ4v) is 2.14. The van der Waals surface area contributed by atoms with Gasteiger partial charge in [0.1, 0.15) is 11.6 Å². The zero-order valence-corrected chi connectivity index (χ0v) is 13.2. The lowest BCUT2D eigenvalue weighted by atomic mass is 10.2. The van der Waals surface area contributed by atoms with Crippen molar-refractivity contribution in [3.63, 3.8) is 0 Å². The van der Waals surface area contributed by atoms with Crippen LogP contribution in [-0.2, 0) is 0 Å². The van der Waals surface area contributed by atoms with Gasteiger partial charge in [0.25, 0.3) is 0 Å². The van der Waals surface area contributed by atoms with E-state index in [1.165, 1.54) is 12.1 Å². The second-order valence-corrected chi connectivity index (χ2v) is 5.52. The number of rotatable bonds is 4. The SMILES string of the molecule is CCCNc1nc(-c2ccc(F)c(Cl)c2)ncc1I. The fraction of sp³-hybridized carbons (Fsp3) is 0.231. The first kappa shape index (κ1) is 14.5. The Morgan fingerprint density at radius 3 is 2.89 bits per heavy atom. The molecule has 0 atom stereocenters. The number of hydrogen-bond donors (Lipinski definition) is 1. The predicted molar refractivity (Wildman–Crippen MR) is 83.9 cm³/mol. The van der Waals surface area contributed by atoms with Gasteiger partial charge in [0.05, 0.1) is 8.59 Å². The Morgan fingerprint density at radius 1 is 1.42 bits per heavy atom. The average molecular weight is 392 g/mol. The van der Waals surface area contributed by atoms with Crippen LogP contribution in [0.3, 0.4) is 0 Å². The first-order valence-corrected chi connectivity index (χ1v) is 7.29. The monoisotopic (exact) mass is 391 g/mol. The van der Waals surface area contributed by atoms with Crippen LogP contribution in [0.15, 0.2) is 24.4 Å². The third kappa shape index (κ3) is 3.54. The third-order valence-electron chi connectivity index (χ3n) is 2.46. The lowest BCUT2D eigenvalue weighted by Gasteiger charge is -2.08. The van der Waals surface area contributed by atoms with E-state index in [1.54, 1.807) is 12.3 Å². The molecule has 6 heteroatoms. The standard InChI is InChI=1S/C13H12ClFIN3/c1-2-5-17-13-11(16)7-18-12(19-13)8-3-4-10(15)9(14)6-8/h3-4,6-7H,2,5H2,1H3,(H,17,18,19). The van der Waals surface area contributed by atoms with Crippen molar-refractivity contribution in [1.82, 2.24) is 9.97 Å². The third-order valence-corrected chi connectivity index (χ3v) is 3.54. The Balaban J connectivity index is 2.36. The van der Waals surface area contributed by atoms with E-state index in [0.29, 0.717) is 11.4 Å². The van der Waals surface area contributed by atoms with Gasteiger partial charge >= 0.3 is 0 Å². The lowest BCUT2D eigenvalue weighted by molar-refractivity contribution is 0.628. The van der Waals surface area contributed by atoms with Gasteiger partial charge in [-0.15, -0.1) is 0 Å². The molecule has 2 rings (SSSR count). The van der Waals surface area contributed by atoms with E-state index >= 15 is 0 Å². The number of aromatic nitrogens is 2. The van der Waals surface area contributed by atoms with Gasteiger partial charge in [0.2, 0.25) is 0 Å². The molecule has 0 aliphatic carbocycles. The smallest absolute Gasteiger partial charge is 0.161 e. The second-order valence-electron chi connectivity index (χ2n) is 3.95. The highest BCUT2D eigenvalue weighted by atomic mass is 127. The summed E-state index contributed by atoms with van der Waals surface area (Å²) >= 11 is 7.95. The van der Waals surface area contributed by atoms with Crippen LogP contribution in [0.1, 0.15) is 13.3 Å². The normalized spacial score (nSPS) is 10.5. The van der Waals surface area contributed by atoms with Gasteiger partial charge in [-0.05, 0) is 47.2 Å². The van der Waals surface area contributed by atoms with Crippen LogP contribution in [0, 0.1) is 9.39 Å². The molecule has 0 aliphatic rings. The van der Waals surface area contributed by atoms with Crippen LogP contribution in [0.5, 0.6) is 0 Å². The highest BCUT2D eigenvalue weighted by Crippen LogP contribution is 2.24. The summed E-state index contributed by atoms with van der Waals surface area (Å²) in [5.41, 5.74) is 0.697. The Labute approximate surface area is 129 Å². The van der Waals surface area contributed by atoms with E-state index in [2.05, 4.69) is 44.8 Å². The Kier molecular flexibility index (Phi) is 4.93. The largest absolute Gasteiger partial charge is 0.369 e. The zero-order valence-electron chi connectivity index (χ0n) is 10.3. The molecule has 0 spiro atoms. The summed E-state index contributed by atoms with van der Waals surface area (Å²) in [6.07, 6.45) is 2.75. The quantitative estimate of drug-likeness (QED) is 0.787. The molecule has 19 heavy (non-hydrogen) atoms. The van der Waals surface area contributed by atoms with Crippen molar-refractivity contribution in [2.45, 2.75) is 13.3 Å². The molecule has 0 saturated heterocycles. The van der Waals surface area contributed by atoms with Crippen molar-refractivity contribution in [3.8, 4) is 11.4 Å². The van der Waals surface area contributed by atoms with Gasteiger partial charge in [-0.1, -0.05) is 18.5 Å². The van der Waals surface area contributed by atoms with Gasteiger partial charge in [-0.2, -0.15) is 0 Å². The minimum absolute atomic E-state index is 0.0720. The van der Waals surface area contributed by atoms with Crippen LogP contribution in [0.4, 0.5) is 10.2 Å². The molecule has 1 N–H and O–H groups in total. The first-order valence-electron chi connectivity index (χ1n) is 5.83. The Bertz CT molecular complexity index is 592. The Morgan fingerprint density at radius 2 is 2.21 bits per heavy atom. The van der Waals surface area contributed by atoms with E-state index in [4.69, 9.17) is 11.6 Å². The van der Waals surface area contributed by atoms with Crippen molar-refractivity contribution in [2.75, 3.05) is 11.9 Å². The van der Waals surface area contributed by atoms with Crippen molar-refractivity contribution >= 4 is 40.0 Å². The minimum Gasteiger partial charge on any atom is -0.369 e. The highest BCUT2D eigenvalue weighted by molar-refractivity contribution is 14.1. The van der Waals surface area contributed by atoms with E-state index in [9.17, 15) is 4.39 Å². The molecule has 100 valence electrons. The van der Waals surface area contributed by atoms with Gasteiger partial charge in [-0.3, -0.25) is 0 Å². The van der Waals surface area contributed by atoms with E-state index in [-0.39, 0.29) is 5.02 Å². The van der Waals surface area contributed by atoms with Crippen LogP contribution < -0.4 is 5.32 Å². The van der Waals surface area contributed by atoms with Crippen LogP contribution in [0.25, 0.3) is 11.4 Å². The summed E-state index contributed by atoms with van der Waals surface area (Å²) in [7, 11) is 0. The van der Waals surface area contributed by atoms with Gasteiger partial charge in [-0.25, -0.2) is 14.4 Å². The predicted octanol–water partition coefficient (Wildman–Crippen LogP) is 4.36. The highest BCUT2D eigenvalue weighted by Gasteiger charge is 2.08. The average Bonchev–Trinajstić information content (AvgIpc) is 2.41. The molecule has 1 aromatic heterocycles. The molecule has 3 nitrogen and oxygen atoms in total. The number of nitrogens with one attached hydrogen (secondary N) is 1. The molecule has 0 saturated carbocycles. The number of hydrogen-bond acceptors (Lipinski definition) is 3. The number of anilines is 1. The summed E-state index contributed by atoms with van der Waals surface area (Å²) in [4.78, 5) is 8.69. The molecule has 0 aliphatic heterocycles. The van der Waals surface area contributed by atoms with Crippen LogP contribution in [0.2, 0.25) is 5.02 Å². The molecular formula is C13H12ClFIN3. The summed E-state index contributed by atoms with van der Waals surface area (Å²) in [6, 6.07) is 4.47. The van der Waals surface area contributed by atoms with Crippen molar-refractivity contribution in [2.24, 2.45) is 0 Å². The minimum atomic E-state index is -0.444. The Hall–Kier alpha value is -0.950. The van der Waals surface area contributed by atoms with Crippen LogP contribution >= 0.6 is 34.2 Å². The van der Waals surface area contributed by atoms with Crippen molar-refractivity contribution < 1.29 is 4.39 Å². The number of nitrogens with zero attached hydrogens (tertiary/aromatic N) is 2. The van der Waals surface area contributed by atoms with Gasteiger partial charge in [0, 0.05) is 18.3 Å². The molecular weight excluding hydrogens is 380 g/mol. The summed E-state index contributed by atoms with van der Waals surface area (Å²) in [5, 5.41) is 3.31. The van der Waals surface area contributed by atoms with Gasteiger partial charge in [0.15, 0.2) is 5.82 Å². The topological polar surface area (TPSA) is 37.8 Å². The number of halogens is 3. The molecule has 0 amide bonds. The fourth-order valence-electron chi connectivity index (χ4n) is 1.51. The van der Waals surface area contributed by atoms with Crippen LogP contribution in [-0.4, -0.2) is 16.5 Å². The van der Waals surface area contributed by atoms with E-state index in [0.717, 1.165) is 22.4 Å². The summed E-state index contributed by atoms with van der Waals surface area (Å²) < 4.78 is 14.1. The number of benzene rings is 1. The van der Waals surface area contributed by atoms with Crippen molar-refractivity contribution in [1.29, 1.82) is 0 Å². The van der Waals surface area contributed by atoms with E-state index in [1.807, 2.05) is 0 Å². The van der Waals surface area contributed by atoms with Crippen molar-refractivity contribution in [3.05, 3.63) is 38.8 Å². The lowest BCUT2D eigenvalue weighted by Crippen LogP contribution is -2.05. The van der Waals surface area contributed by atoms with E-state index < -0.39 is 5.82 Å². The molecule has 0 fully saturated rings. The maximum atomic E-state index is 13.1. The zero-order chi connectivity index (χ0) is 13.8. The maximum Gasteiger partial charge on any atom is 0.161 e. The maximum absolute atomic E-state index is 13.1. The van der Waals surface area contributed by atoms with Gasteiger partial charge < -0.3 is 5.32 Å². The summed E-state index contributed by atoms with van der Waals surface area (Å²) in [5.74, 6) is 0.870. The molecule has 2 aromatic rings. The molecule has 0 unspecified atom stereocenters. The first-order chi connectivity index (χ1) is 9.11. The molecule has 0 radical (unpaired) electrons. The molecule has 1 heterocycles.